The van der Waals surface area contributed by atoms with Crippen molar-refractivity contribution in [2.75, 3.05) is 11.9 Å². The van der Waals surface area contributed by atoms with Crippen LogP contribution in [-0.2, 0) is 14.3 Å². The summed E-state index contributed by atoms with van der Waals surface area (Å²) >= 11 is 0. The zero-order valence-corrected chi connectivity index (χ0v) is 12.5. The van der Waals surface area contributed by atoms with Crippen LogP contribution in [-0.4, -0.2) is 18.5 Å². The molecule has 0 unspecified atom stereocenters. The Labute approximate surface area is 138 Å². The topological polar surface area (TPSA) is 79.2 Å². The van der Waals surface area contributed by atoms with Crippen LogP contribution in [0.25, 0.3) is 6.08 Å². The SMILES string of the molecule is N#Cc1ccc(/C=C/C(=O)OCC(=O)Nc2ccccc2F)cc1. The van der Waals surface area contributed by atoms with E-state index in [1.54, 1.807) is 30.3 Å². The van der Waals surface area contributed by atoms with Crippen LogP contribution in [0.5, 0.6) is 0 Å². The average Bonchev–Trinajstić information content (AvgIpc) is 2.60. The Bertz CT molecular complexity index is 808. The first kappa shape index (κ1) is 16.9. The fourth-order valence-electron chi connectivity index (χ4n) is 1.77. The van der Waals surface area contributed by atoms with Gasteiger partial charge in [-0.25, -0.2) is 9.18 Å². The monoisotopic (exact) mass is 324 g/mol. The highest BCUT2D eigenvalue weighted by atomic mass is 19.1. The lowest BCUT2D eigenvalue weighted by Gasteiger charge is -2.06. The predicted octanol–water partition coefficient (Wildman–Crippen LogP) is 2.89. The molecule has 0 heterocycles. The number of amides is 1. The highest BCUT2D eigenvalue weighted by molar-refractivity contribution is 5.94. The van der Waals surface area contributed by atoms with Gasteiger partial charge in [0.25, 0.3) is 5.91 Å². The van der Waals surface area contributed by atoms with E-state index < -0.39 is 24.3 Å². The molecular formula is C18H13FN2O3. The van der Waals surface area contributed by atoms with Crippen LogP contribution in [0.4, 0.5) is 10.1 Å². The zero-order valence-electron chi connectivity index (χ0n) is 12.5. The van der Waals surface area contributed by atoms with Crippen LogP contribution in [0.15, 0.2) is 54.6 Å². The third-order valence-electron chi connectivity index (χ3n) is 2.95. The van der Waals surface area contributed by atoms with E-state index in [0.29, 0.717) is 11.1 Å². The number of esters is 1. The van der Waals surface area contributed by atoms with Gasteiger partial charge in [-0.2, -0.15) is 5.26 Å². The molecule has 0 aliphatic rings. The van der Waals surface area contributed by atoms with Gasteiger partial charge < -0.3 is 10.1 Å². The highest BCUT2D eigenvalue weighted by Crippen LogP contribution is 2.12. The predicted molar refractivity (Wildman–Crippen MR) is 86.2 cm³/mol. The Morgan fingerprint density at radius 2 is 1.88 bits per heavy atom. The summed E-state index contributed by atoms with van der Waals surface area (Å²) in [4.78, 5) is 23.2. The summed E-state index contributed by atoms with van der Waals surface area (Å²) in [5.74, 6) is -1.92. The maximum Gasteiger partial charge on any atom is 0.331 e. The third kappa shape index (κ3) is 5.07. The Kier molecular flexibility index (Phi) is 5.81. The van der Waals surface area contributed by atoms with Crippen molar-refractivity contribution < 1.29 is 18.7 Å². The van der Waals surface area contributed by atoms with Gasteiger partial charge in [-0.15, -0.1) is 0 Å². The van der Waals surface area contributed by atoms with Crippen molar-refractivity contribution >= 4 is 23.6 Å². The fourth-order valence-corrected chi connectivity index (χ4v) is 1.77. The van der Waals surface area contributed by atoms with Gasteiger partial charge in [-0.3, -0.25) is 4.79 Å². The number of nitrogens with zero attached hydrogens (tertiary/aromatic N) is 1. The fraction of sp³-hybridized carbons (Fsp3) is 0.0556. The molecule has 0 spiro atoms. The molecule has 2 rings (SSSR count). The number of halogens is 1. The lowest BCUT2D eigenvalue weighted by Crippen LogP contribution is -2.20. The molecule has 5 nitrogen and oxygen atoms in total. The average molecular weight is 324 g/mol. The van der Waals surface area contributed by atoms with Crippen LogP contribution >= 0.6 is 0 Å². The largest absolute Gasteiger partial charge is 0.452 e. The minimum absolute atomic E-state index is 0.0201. The van der Waals surface area contributed by atoms with Gasteiger partial charge in [0.1, 0.15) is 5.82 Å². The van der Waals surface area contributed by atoms with E-state index in [1.807, 2.05) is 6.07 Å². The van der Waals surface area contributed by atoms with Crippen LogP contribution in [0.3, 0.4) is 0 Å². The maximum absolute atomic E-state index is 13.4. The van der Waals surface area contributed by atoms with Crippen LogP contribution in [0.2, 0.25) is 0 Å². The van der Waals surface area contributed by atoms with Crippen molar-refractivity contribution in [2.24, 2.45) is 0 Å². The Balaban J connectivity index is 1.82. The number of carbonyl (C=O) groups is 2. The van der Waals surface area contributed by atoms with Crippen molar-refractivity contribution in [3.05, 3.63) is 71.6 Å². The molecule has 24 heavy (non-hydrogen) atoms. The Morgan fingerprint density at radius 3 is 2.54 bits per heavy atom. The van der Waals surface area contributed by atoms with Gasteiger partial charge in [0.2, 0.25) is 0 Å². The molecule has 1 N–H and O–H groups in total. The van der Waals surface area contributed by atoms with Crippen LogP contribution in [0, 0.1) is 17.1 Å². The minimum atomic E-state index is -0.706. The molecule has 2 aromatic carbocycles. The molecule has 6 heteroatoms. The summed E-state index contributed by atoms with van der Waals surface area (Å²) in [6, 6.07) is 14.3. The molecule has 120 valence electrons. The van der Waals surface area contributed by atoms with E-state index in [-0.39, 0.29) is 5.69 Å². The highest BCUT2D eigenvalue weighted by Gasteiger charge is 2.08. The van der Waals surface area contributed by atoms with Gasteiger partial charge in [0.15, 0.2) is 6.61 Å². The lowest BCUT2D eigenvalue weighted by atomic mass is 10.1. The normalized spacial score (nSPS) is 10.2. The molecule has 2 aromatic rings. The van der Waals surface area contributed by atoms with Crippen molar-refractivity contribution in [1.82, 2.24) is 0 Å². The van der Waals surface area contributed by atoms with Gasteiger partial charge in [-0.1, -0.05) is 24.3 Å². The number of hydrogen-bond acceptors (Lipinski definition) is 4. The summed E-state index contributed by atoms with van der Waals surface area (Å²) < 4.78 is 18.1. The number of benzene rings is 2. The number of carbonyl (C=O) groups excluding carboxylic acids is 2. The second-order valence-corrected chi connectivity index (χ2v) is 4.70. The number of nitrogens with one attached hydrogen (secondary N) is 1. The minimum Gasteiger partial charge on any atom is -0.452 e. The van der Waals surface area contributed by atoms with E-state index in [1.165, 1.54) is 24.3 Å². The van der Waals surface area contributed by atoms with Crippen molar-refractivity contribution in [3.8, 4) is 6.07 Å². The molecule has 0 radical (unpaired) electrons. The van der Waals surface area contributed by atoms with Gasteiger partial charge in [0, 0.05) is 6.08 Å². The van der Waals surface area contributed by atoms with Crippen LogP contribution < -0.4 is 5.32 Å². The maximum atomic E-state index is 13.4. The van der Waals surface area contributed by atoms with E-state index >= 15 is 0 Å². The third-order valence-corrected chi connectivity index (χ3v) is 2.95. The van der Waals surface area contributed by atoms with E-state index in [0.717, 1.165) is 6.08 Å². The van der Waals surface area contributed by atoms with Crippen molar-refractivity contribution in [3.63, 3.8) is 0 Å². The molecule has 0 saturated heterocycles. The first-order chi connectivity index (χ1) is 11.6. The van der Waals surface area contributed by atoms with E-state index in [9.17, 15) is 14.0 Å². The molecule has 0 aromatic heterocycles. The number of anilines is 1. The number of para-hydroxylation sites is 1. The molecule has 0 saturated carbocycles. The van der Waals surface area contributed by atoms with Gasteiger partial charge >= 0.3 is 5.97 Å². The lowest BCUT2D eigenvalue weighted by molar-refractivity contribution is -0.142. The van der Waals surface area contributed by atoms with Crippen molar-refractivity contribution in [1.29, 1.82) is 5.26 Å². The smallest absolute Gasteiger partial charge is 0.331 e. The Morgan fingerprint density at radius 1 is 1.17 bits per heavy atom. The summed E-state index contributed by atoms with van der Waals surface area (Å²) in [5.41, 5.74) is 1.24. The van der Waals surface area contributed by atoms with Crippen molar-refractivity contribution in [2.45, 2.75) is 0 Å². The van der Waals surface area contributed by atoms with E-state index in [2.05, 4.69) is 5.32 Å². The van der Waals surface area contributed by atoms with Gasteiger partial charge in [-0.05, 0) is 35.9 Å². The summed E-state index contributed by atoms with van der Waals surface area (Å²) in [7, 11) is 0. The quantitative estimate of drug-likeness (QED) is 0.677. The second kappa shape index (κ2) is 8.25. The number of hydrogen-bond donors (Lipinski definition) is 1. The summed E-state index contributed by atoms with van der Waals surface area (Å²) in [6.07, 6.45) is 2.66. The first-order valence-electron chi connectivity index (χ1n) is 6.98. The van der Waals surface area contributed by atoms with Crippen LogP contribution in [0.1, 0.15) is 11.1 Å². The molecular weight excluding hydrogens is 311 g/mol. The molecule has 0 fully saturated rings. The van der Waals surface area contributed by atoms with E-state index in [4.69, 9.17) is 10.00 Å². The number of nitriles is 1. The first-order valence-corrected chi connectivity index (χ1v) is 6.98. The Hall–Kier alpha value is -3.46. The summed E-state index contributed by atoms with van der Waals surface area (Å²) in [6.45, 7) is -0.523. The summed E-state index contributed by atoms with van der Waals surface area (Å²) in [5, 5.41) is 11.0. The zero-order chi connectivity index (χ0) is 17.4. The molecule has 0 aliphatic heterocycles. The molecule has 1 amide bonds. The van der Waals surface area contributed by atoms with Gasteiger partial charge in [0.05, 0.1) is 17.3 Å². The molecule has 0 atom stereocenters. The standard InChI is InChI=1S/C18H13FN2O3/c19-15-3-1-2-4-16(15)21-17(22)12-24-18(23)10-9-13-5-7-14(11-20)8-6-13/h1-10H,12H2,(H,21,22)/b10-9+. The number of ether oxygens (including phenoxy) is 1. The molecule has 0 aliphatic carbocycles. The second-order valence-electron chi connectivity index (χ2n) is 4.70. The molecule has 0 bridgehead atoms. The number of rotatable bonds is 5.